The zero-order chi connectivity index (χ0) is 21.1. The number of hydrogen-bond acceptors (Lipinski definition) is 5. The van der Waals surface area contributed by atoms with Crippen LogP contribution in [0.1, 0.15) is 11.1 Å². The first kappa shape index (κ1) is 22.4. The number of carbonyl (C=O) groups excluding carboxylic acids is 1. The fourth-order valence-electron chi connectivity index (χ4n) is 2.45. The van der Waals surface area contributed by atoms with Crippen LogP contribution in [0.2, 0.25) is 0 Å². The Morgan fingerprint density at radius 2 is 1.86 bits per heavy atom. The van der Waals surface area contributed by atoms with Crippen LogP contribution in [0.5, 0.6) is 11.5 Å². The van der Waals surface area contributed by atoms with E-state index < -0.39 is 12.6 Å². The molecule has 0 atom stereocenters. The van der Waals surface area contributed by atoms with E-state index in [9.17, 15) is 13.6 Å². The lowest BCUT2D eigenvalue weighted by atomic mass is 10.2. The number of nitrogens with one attached hydrogen (secondary N) is 2. The Kier molecular flexibility index (Phi) is 9.13. The first-order chi connectivity index (χ1) is 14.0. The third-order valence-corrected chi connectivity index (χ3v) is 3.78. The molecule has 0 heterocycles. The van der Waals surface area contributed by atoms with Gasteiger partial charge in [0.05, 0.1) is 26.9 Å². The number of rotatable bonds is 11. The number of amides is 2. The molecule has 0 aliphatic heterocycles. The van der Waals surface area contributed by atoms with E-state index in [1.807, 2.05) is 12.1 Å². The van der Waals surface area contributed by atoms with E-state index in [4.69, 9.17) is 14.2 Å². The van der Waals surface area contributed by atoms with E-state index in [0.717, 1.165) is 5.56 Å². The molecule has 0 saturated carbocycles. The first-order valence-corrected chi connectivity index (χ1v) is 8.84. The lowest BCUT2D eigenvalue weighted by Gasteiger charge is -2.13. The lowest BCUT2D eigenvalue weighted by molar-refractivity contribution is -0.0512. The molecule has 29 heavy (non-hydrogen) atoms. The maximum absolute atomic E-state index is 12.5. The molecule has 0 saturated heterocycles. The molecule has 0 aliphatic rings. The number of alkyl halides is 2. The van der Waals surface area contributed by atoms with Gasteiger partial charge in [-0.25, -0.2) is 4.79 Å². The lowest BCUT2D eigenvalue weighted by Crippen LogP contribution is -2.28. The van der Waals surface area contributed by atoms with Crippen LogP contribution < -0.4 is 20.1 Å². The van der Waals surface area contributed by atoms with Crippen LogP contribution in [0.15, 0.2) is 42.5 Å². The topological polar surface area (TPSA) is 78.1 Å². The summed E-state index contributed by atoms with van der Waals surface area (Å²) in [6.07, 6.45) is 0. The Balaban J connectivity index is 1.88. The molecule has 2 amide bonds. The van der Waals surface area contributed by atoms with Crippen LogP contribution in [0.3, 0.4) is 0 Å². The number of methoxy groups -OCH3 is 2. The van der Waals surface area contributed by atoms with Crippen molar-refractivity contribution in [3.8, 4) is 11.5 Å². The molecule has 2 aromatic carbocycles. The van der Waals surface area contributed by atoms with E-state index in [1.54, 1.807) is 25.3 Å². The van der Waals surface area contributed by atoms with Crippen molar-refractivity contribution >= 4 is 11.7 Å². The van der Waals surface area contributed by atoms with Gasteiger partial charge in [0.2, 0.25) is 0 Å². The van der Waals surface area contributed by atoms with Crippen LogP contribution in [-0.4, -0.2) is 40.1 Å². The molecular formula is C20H24F2N2O5. The highest BCUT2D eigenvalue weighted by atomic mass is 19.3. The average molecular weight is 410 g/mol. The normalized spacial score (nSPS) is 10.7. The predicted molar refractivity (Wildman–Crippen MR) is 103 cm³/mol. The molecule has 0 radical (unpaired) electrons. The number of hydrogen-bond donors (Lipinski definition) is 2. The third-order valence-electron chi connectivity index (χ3n) is 3.78. The van der Waals surface area contributed by atoms with Crippen LogP contribution in [0.4, 0.5) is 19.3 Å². The van der Waals surface area contributed by atoms with Gasteiger partial charge in [0.1, 0.15) is 0 Å². The monoisotopic (exact) mass is 410 g/mol. The second-order valence-electron chi connectivity index (χ2n) is 5.92. The smallest absolute Gasteiger partial charge is 0.387 e. The highest BCUT2D eigenvalue weighted by Crippen LogP contribution is 2.29. The highest BCUT2D eigenvalue weighted by molar-refractivity contribution is 5.89. The maximum atomic E-state index is 12.5. The average Bonchev–Trinajstić information content (AvgIpc) is 2.70. The van der Waals surface area contributed by atoms with Gasteiger partial charge in [0, 0.05) is 19.3 Å². The van der Waals surface area contributed by atoms with Crippen molar-refractivity contribution in [2.75, 3.05) is 32.8 Å². The van der Waals surface area contributed by atoms with Crippen molar-refractivity contribution in [3.05, 3.63) is 53.6 Å². The SMILES string of the molecule is COCCOCc1cccc(NC(=O)NCc2ccc(OC)c(OC(F)F)c2)c1. The number of anilines is 1. The highest BCUT2D eigenvalue weighted by Gasteiger charge is 2.12. The molecule has 7 nitrogen and oxygen atoms in total. The Bertz CT molecular complexity index is 789. The summed E-state index contributed by atoms with van der Waals surface area (Å²) in [5.41, 5.74) is 2.09. The first-order valence-electron chi connectivity index (χ1n) is 8.84. The van der Waals surface area contributed by atoms with Crippen LogP contribution in [0, 0.1) is 0 Å². The summed E-state index contributed by atoms with van der Waals surface area (Å²) in [5.74, 6) is 0.0893. The summed E-state index contributed by atoms with van der Waals surface area (Å²) in [5, 5.41) is 5.38. The van der Waals surface area contributed by atoms with Gasteiger partial charge in [-0.1, -0.05) is 18.2 Å². The van der Waals surface area contributed by atoms with Gasteiger partial charge in [-0.15, -0.1) is 0 Å². The molecule has 9 heteroatoms. The van der Waals surface area contributed by atoms with Crippen LogP contribution in [0.25, 0.3) is 0 Å². The molecule has 158 valence electrons. The fourth-order valence-corrected chi connectivity index (χ4v) is 2.45. The van der Waals surface area contributed by atoms with Crippen LogP contribution in [-0.2, 0) is 22.6 Å². The van der Waals surface area contributed by atoms with Crippen molar-refractivity contribution in [2.45, 2.75) is 19.8 Å². The standard InChI is InChI=1S/C20H24F2N2O5/c1-26-8-9-28-13-15-4-3-5-16(10-15)24-20(25)23-12-14-6-7-17(27-2)18(11-14)29-19(21)22/h3-7,10-11,19H,8-9,12-13H2,1-2H3,(H2,23,24,25). The molecule has 0 aliphatic carbocycles. The zero-order valence-electron chi connectivity index (χ0n) is 16.2. The molecule has 0 spiro atoms. The quantitative estimate of drug-likeness (QED) is 0.552. The van der Waals surface area contributed by atoms with Crippen molar-refractivity contribution in [2.24, 2.45) is 0 Å². The summed E-state index contributed by atoms with van der Waals surface area (Å²) < 4.78 is 44.8. The number of halogens is 2. The Morgan fingerprint density at radius 3 is 2.59 bits per heavy atom. The van der Waals surface area contributed by atoms with Gasteiger partial charge < -0.3 is 29.6 Å². The van der Waals surface area contributed by atoms with Gasteiger partial charge in [-0.05, 0) is 35.4 Å². The molecule has 0 fully saturated rings. The second kappa shape index (κ2) is 11.8. The minimum atomic E-state index is -2.97. The Hall–Kier alpha value is -2.91. The van der Waals surface area contributed by atoms with Crippen molar-refractivity contribution in [3.63, 3.8) is 0 Å². The Labute approximate surface area is 167 Å². The number of urea groups is 1. The van der Waals surface area contributed by atoms with E-state index in [-0.39, 0.29) is 18.0 Å². The molecule has 0 unspecified atom stereocenters. The van der Waals surface area contributed by atoms with Crippen LogP contribution >= 0.6 is 0 Å². The minimum Gasteiger partial charge on any atom is -0.493 e. The summed E-state index contributed by atoms with van der Waals surface area (Å²) in [6.45, 7) is -1.46. The van der Waals surface area contributed by atoms with E-state index in [0.29, 0.717) is 31.1 Å². The fraction of sp³-hybridized carbons (Fsp3) is 0.350. The van der Waals surface area contributed by atoms with E-state index in [1.165, 1.54) is 19.2 Å². The maximum Gasteiger partial charge on any atom is 0.387 e. The third kappa shape index (κ3) is 7.92. The van der Waals surface area contributed by atoms with E-state index in [2.05, 4.69) is 15.4 Å². The van der Waals surface area contributed by atoms with Gasteiger partial charge >= 0.3 is 12.6 Å². The molecule has 0 aromatic heterocycles. The summed E-state index contributed by atoms with van der Waals surface area (Å²) in [7, 11) is 2.96. The molecule has 2 aromatic rings. The summed E-state index contributed by atoms with van der Waals surface area (Å²) in [6, 6.07) is 11.3. The molecule has 2 rings (SSSR count). The van der Waals surface area contributed by atoms with Crippen molar-refractivity contribution < 1.29 is 32.5 Å². The number of benzene rings is 2. The van der Waals surface area contributed by atoms with Gasteiger partial charge in [0.15, 0.2) is 11.5 Å². The Morgan fingerprint density at radius 1 is 1.03 bits per heavy atom. The zero-order valence-corrected chi connectivity index (χ0v) is 16.2. The summed E-state index contributed by atoms with van der Waals surface area (Å²) in [4.78, 5) is 12.1. The van der Waals surface area contributed by atoms with Crippen molar-refractivity contribution in [1.82, 2.24) is 5.32 Å². The molecular weight excluding hydrogens is 386 g/mol. The number of ether oxygens (including phenoxy) is 4. The number of carbonyl (C=O) groups is 1. The van der Waals surface area contributed by atoms with Gasteiger partial charge in [0.25, 0.3) is 0 Å². The largest absolute Gasteiger partial charge is 0.493 e. The minimum absolute atomic E-state index is 0.0941. The molecule has 0 bridgehead atoms. The summed E-state index contributed by atoms with van der Waals surface area (Å²) >= 11 is 0. The second-order valence-corrected chi connectivity index (χ2v) is 5.92. The van der Waals surface area contributed by atoms with Gasteiger partial charge in [-0.3, -0.25) is 0 Å². The molecule has 2 N–H and O–H groups in total. The van der Waals surface area contributed by atoms with Gasteiger partial charge in [-0.2, -0.15) is 8.78 Å². The van der Waals surface area contributed by atoms with Crippen molar-refractivity contribution in [1.29, 1.82) is 0 Å². The predicted octanol–water partition coefficient (Wildman–Crippen LogP) is 3.78. The van der Waals surface area contributed by atoms with E-state index >= 15 is 0 Å².